The van der Waals surface area contributed by atoms with Crippen LogP contribution in [0.4, 0.5) is 24.7 Å². The first-order valence-electron chi connectivity index (χ1n) is 8.65. The van der Waals surface area contributed by atoms with Gasteiger partial charge in [0.05, 0.1) is 23.8 Å². The van der Waals surface area contributed by atoms with E-state index in [1.165, 1.54) is 22.3 Å². The van der Waals surface area contributed by atoms with E-state index in [-0.39, 0.29) is 13.2 Å². The first-order chi connectivity index (χ1) is 13.2. The molecular weight excluding hydrogens is 387 g/mol. The molecular formula is C19H21FN2O5S. The van der Waals surface area contributed by atoms with E-state index < -0.39 is 29.7 Å². The largest absolute Gasteiger partial charge is 0.444 e. The number of ether oxygens (including phenoxy) is 2. The van der Waals surface area contributed by atoms with Gasteiger partial charge >= 0.3 is 12.2 Å². The van der Waals surface area contributed by atoms with Gasteiger partial charge in [-0.15, -0.1) is 11.3 Å². The van der Waals surface area contributed by atoms with Crippen LogP contribution in [0.1, 0.15) is 20.8 Å². The smallest absolute Gasteiger partial charge is 0.414 e. The molecule has 3 rings (SSSR count). The third kappa shape index (κ3) is 4.60. The number of amides is 2. The second-order valence-corrected chi connectivity index (χ2v) is 8.34. The summed E-state index contributed by atoms with van der Waals surface area (Å²) in [4.78, 5) is 25.6. The van der Waals surface area contributed by atoms with Gasteiger partial charge in [-0.1, -0.05) is 0 Å². The molecule has 1 atom stereocenters. The van der Waals surface area contributed by atoms with E-state index in [4.69, 9.17) is 14.6 Å². The summed E-state index contributed by atoms with van der Waals surface area (Å²) in [6.07, 6.45) is -1.82. The molecule has 0 aliphatic carbocycles. The summed E-state index contributed by atoms with van der Waals surface area (Å²) in [5, 5.41) is 12.3. The highest BCUT2D eigenvalue weighted by Crippen LogP contribution is 2.35. The number of aliphatic hydroxyl groups excluding tert-OH is 1. The molecule has 0 radical (unpaired) electrons. The Balaban J connectivity index is 1.74. The third-order valence-corrected chi connectivity index (χ3v) is 4.87. The molecule has 2 N–H and O–H groups in total. The minimum absolute atomic E-state index is 0.164. The molecule has 7 nitrogen and oxygen atoms in total. The number of anilines is 2. The fraction of sp³-hybridized carbons (Fsp3) is 0.368. The van der Waals surface area contributed by atoms with Crippen molar-refractivity contribution in [2.24, 2.45) is 0 Å². The number of nitrogens with one attached hydrogen (secondary N) is 1. The lowest BCUT2D eigenvalue weighted by Gasteiger charge is -2.19. The van der Waals surface area contributed by atoms with Gasteiger partial charge in [0.15, 0.2) is 0 Å². The predicted octanol–water partition coefficient (Wildman–Crippen LogP) is 4.22. The van der Waals surface area contributed by atoms with Crippen molar-refractivity contribution in [2.45, 2.75) is 32.5 Å². The number of hydrogen-bond donors (Lipinski definition) is 2. The minimum Gasteiger partial charge on any atom is -0.444 e. The summed E-state index contributed by atoms with van der Waals surface area (Å²) in [7, 11) is 0. The average molecular weight is 408 g/mol. The number of hydrogen-bond acceptors (Lipinski definition) is 6. The van der Waals surface area contributed by atoms with Crippen LogP contribution in [-0.4, -0.2) is 42.1 Å². The van der Waals surface area contributed by atoms with Crippen molar-refractivity contribution in [3.05, 3.63) is 36.1 Å². The summed E-state index contributed by atoms with van der Waals surface area (Å²) in [6, 6.07) is 7.78. The van der Waals surface area contributed by atoms with Crippen LogP contribution in [0.3, 0.4) is 0 Å². The van der Waals surface area contributed by atoms with Crippen LogP contribution >= 0.6 is 11.3 Å². The number of thiophene rings is 1. The zero-order valence-electron chi connectivity index (χ0n) is 15.7. The Labute approximate surface area is 165 Å². The Hall–Kier alpha value is -2.65. The van der Waals surface area contributed by atoms with Crippen LogP contribution in [0, 0.1) is 5.82 Å². The van der Waals surface area contributed by atoms with Crippen LogP contribution < -0.4 is 10.2 Å². The van der Waals surface area contributed by atoms with Crippen molar-refractivity contribution >= 4 is 34.2 Å². The maximum atomic E-state index is 14.7. The standard InChI is InChI=1S/C19H21FN2O5S/c1-19(2,3)27-17(24)21-16-7-6-15(28-16)13-5-4-11(8-14(13)20)22-9-12(10-23)26-18(22)25/h4-8,12,23H,9-10H2,1-3H3,(H,21,24)/t12-/m1/s1. The number of aliphatic hydroxyl groups is 1. The Bertz CT molecular complexity index is 893. The van der Waals surface area contributed by atoms with Crippen molar-refractivity contribution in [1.82, 2.24) is 0 Å². The van der Waals surface area contributed by atoms with Crippen molar-refractivity contribution in [2.75, 3.05) is 23.4 Å². The predicted molar refractivity (Wildman–Crippen MR) is 104 cm³/mol. The molecule has 150 valence electrons. The van der Waals surface area contributed by atoms with Gasteiger partial charge in [0, 0.05) is 10.4 Å². The second-order valence-electron chi connectivity index (χ2n) is 7.25. The van der Waals surface area contributed by atoms with E-state index in [0.717, 1.165) is 0 Å². The van der Waals surface area contributed by atoms with Crippen molar-refractivity contribution in [3.63, 3.8) is 0 Å². The van der Waals surface area contributed by atoms with E-state index in [2.05, 4.69) is 5.32 Å². The van der Waals surface area contributed by atoms with E-state index >= 15 is 0 Å². The van der Waals surface area contributed by atoms with Gasteiger partial charge < -0.3 is 14.6 Å². The molecule has 2 aromatic rings. The van der Waals surface area contributed by atoms with Crippen LogP contribution in [0.5, 0.6) is 0 Å². The van der Waals surface area contributed by atoms with Gasteiger partial charge in [-0.3, -0.25) is 10.2 Å². The number of halogens is 1. The van der Waals surface area contributed by atoms with E-state index in [1.807, 2.05) is 0 Å². The van der Waals surface area contributed by atoms with Gasteiger partial charge in [0.1, 0.15) is 17.5 Å². The molecule has 9 heteroatoms. The zero-order chi connectivity index (χ0) is 20.5. The first kappa shape index (κ1) is 20.1. The van der Waals surface area contributed by atoms with Crippen molar-refractivity contribution in [1.29, 1.82) is 0 Å². The minimum atomic E-state index is -0.619. The number of carbonyl (C=O) groups excluding carboxylic acids is 2. The highest BCUT2D eigenvalue weighted by molar-refractivity contribution is 7.19. The summed E-state index contributed by atoms with van der Waals surface area (Å²) in [5.74, 6) is -0.511. The van der Waals surface area contributed by atoms with Gasteiger partial charge in [-0.2, -0.15) is 0 Å². The van der Waals surface area contributed by atoms with Gasteiger partial charge in [0.25, 0.3) is 0 Å². The average Bonchev–Trinajstić information content (AvgIpc) is 3.19. The van der Waals surface area contributed by atoms with Crippen LogP contribution in [0.25, 0.3) is 10.4 Å². The second kappa shape index (κ2) is 7.76. The molecule has 1 fully saturated rings. The highest BCUT2D eigenvalue weighted by Gasteiger charge is 2.32. The molecule has 2 heterocycles. The third-order valence-electron chi connectivity index (χ3n) is 3.84. The zero-order valence-corrected chi connectivity index (χ0v) is 16.5. The van der Waals surface area contributed by atoms with E-state index in [0.29, 0.717) is 21.1 Å². The van der Waals surface area contributed by atoms with Crippen molar-refractivity contribution < 1.29 is 28.6 Å². The quantitative estimate of drug-likeness (QED) is 0.791. The van der Waals surface area contributed by atoms with Crippen LogP contribution in [0.15, 0.2) is 30.3 Å². The fourth-order valence-electron chi connectivity index (χ4n) is 2.65. The molecule has 2 amide bonds. The highest BCUT2D eigenvalue weighted by atomic mass is 32.1. The molecule has 28 heavy (non-hydrogen) atoms. The molecule has 0 spiro atoms. The molecule has 0 bridgehead atoms. The van der Waals surface area contributed by atoms with E-state index in [1.54, 1.807) is 45.0 Å². The lowest BCUT2D eigenvalue weighted by atomic mass is 10.1. The number of cyclic esters (lactones) is 1. The maximum absolute atomic E-state index is 14.7. The molecule has 0 saturated carbocycles. The van der Waals surface area contributed by atoms with Gasteiger partial charge in [-0.25, -0.2) is 14.0 Å². The lowest BCUT2D eigenvalue weighted by molar-refractivity contribution is 0.0636. The normalized spacial score (nSPS) is 16.8. The summed E-state index contributed by atoms with van der Waals surface area (Å²) < 4.78 is 24.8. The number of benzene rings is 1. The fourth-order valence-corrected chi connectivity index (χ4v) is 3.57. The summed E-state index contributed by atoms with van der Waals surface area (Å²) in [5.41, 5.74) is 0.0841. The molecule has 1 saturated heterocycles. The van der Waals surface area contributed by atoms with Crippen LogP contribution in [-0.2, 0) is 9.47 Å². The Morgan fingerprint density at radius 1 is 1.39 bits per heavy atom. The SMILES string of the molecule is CC(C)(C)OC(=O)Nc1ccc(-c2ccc(N3C[C@H](CO)OC3=O)cc2F)s1. The van der Waals surface area contributed by atoms with Gasteiger partial charge in [-0.05, 0) is 51.1 Å². The number of nitrogens with zero attached hydrogens (tertiary/aromatic N) is 1. The molecule has 0 unspecified atom stereocenters. The topological polar surface area (TPSA) is 88.1 Å². The molecule has 1 aromatic carbocycles. The van der Waals surface area contributed by atoms with E-state index in [9.17, 15) is 14.0 Å². The van der Waals surface area contributed by atoms with Crippen LogP contribution in [0.2, 0.25) is 0 Å². The molecule has 1 aliphatic rings. The Kier molecular flexibility index (Phi) is 5.57. The lowest BCUT2D eigenvalue weighted by Crippen LogP contribution is -2.26. The number of carbonyl (C=O) groups is 2. The summed E-state index contributed by atoms with van der Waals surface area (Å²) >= 11 is 1.21. The Morgan fingerprint density at radius 2 is 2.14 bits per heavy atom. The summed E-state index contributed by atoms with van der Waals surface area (Å²) in [6.45, 7) is 5.18. The van der Waals surface area contributed by atoms with Gasteiger partial charge in [0.2, 0.25) is 0 Å². The first-order valence-corrected chi connectivity index (χ1v) is 9.46. The molecule has 1 aromatic heterocycles. The Morgan fingerprint density at radius 3 is 2.75 bits per heavy atom. The molecule has 1 aliphatic heterocycles. The van der Waals surface area contributed by atoms with Crippen molar-refractivity contribution in [3.8, 4) is 10.4 Å². The number of rotatable bonds is 4. The maximum Gasteiger partial charge on any atom is 0.414 e. The monoisotopic (exact) mass is 408 g/mol.